The number of carboxylic acids is 1. The predicted octanol–water partition coefficient (Wildman–Crippen LogP) is 2.56. The monoisotopic (exact) mass is 499 g/mol. The number of benzene rings is 2. The molecule has 2 atom stereocenters. The molecule has 1 aliphatic rings. The molecule has 1 unspecified atom stereocenters. The lowest BCUT2D eigenvalue weighted by molar-refractivity contribution is -0.144. The Morgan fingerprint density at radius 2 is 2.06 bits per heavy atom. The average molecular weight is 500 g/mol. The summed E-state index contributed by atoms with van der Waals surface area (Å²) in [6.07, 6.45) is 0.197. The van der Waals surface area contributed by atoms with Gasteiger partial charge in [-0.3, -0.25) is 9.59 Å². The van der Waals surface area contributed by atoms with Gasteiger partial charge in [0.1, 0.15) is 22.7 Å². The Balaban J connectivity index is 1.54. The zero-order valence-corrected chi connectivity index (χ0v) is 19.7. The number of nitrogens with zero attached hydrogens (tertiary/aromatic N) is 2. The molecule has 1 aromatic heterocycles. The summed E-state index contributed by atoms with van der Waals surface area (Å²) < 4.78 is 33.5. The second-order valence-electron chi connectivity index (χ2n) is 7.90. The number of fused-ring (bicyclic) bond motifs is 1. The number of hydrogen-bond acceptors (Lipinski definition) is 7. The largest absolute Gasteiger partial charge is 0.497 e. The molecule has 176 valence electrons. The predicted molar refractivity (Wildman–Crippen MR) is 125 cm³/mol. The van der Waals surface area contributed by atoms with Gasteiger partial charge in [0.2, 0.25) is 15.9 Å². The van der Waals surface area contributed by atoms with E-state index in [0.717, 1.165) is 10.9 Å². The van der Waals surface area contributed by atoms with Crippen molar-refractivity contribution in [3.05, 3.63) is 58.3 Å². The summed E-state index contributed by atoms with van der Waals surface area (Å²) in [7, 11) is -2.73. The van der Waals surface area contributed by atoms with E-state index in [1.165, 1.54) is 35.5 Å². The lowest BCUT2D eigenvalue weighted by Crippen LogP contribution is -2.48. The maximum absolute atomic E-state index is 13.1. The van der Waals surface area contributed by atoms with E-state index in [9.17, 15) is 23.1 Å². The third kappa shape index (κ3) is 4.75. The molecule has 2 N–H and O–H groups in total. The summed E-state index contributed by atoms with van der Waals surface area (Å²) >= 11 is 1.26. The molecule has 34 heavy (non-hydrogen) atoms. The smallest absolute Gasteiger partial charge is 0.322 e. The van der Waals surface area contributed by atoms with Gasteiger partial charge in [0.05, 0.1) is 17.9 Å². The topological polar surface area (TPSA) is 137 Å². The highest BCUT2D eigenvalue weighted by Crippen LogP contribution is 2.27. The van der Waals surface area contributed by atoms with Crippen LogP contribution in [0.15, 0.2) is 52.7 Å². The van der Waals surface area contributed by atoms with Crippen LogP contribution in [-0.2, 0) is 26.2 Å². The fourth-order valence-electron chi connectivity index (χ4n) is 4.00. The van der Waals surface area contributed by atoms with Gasteiger partial charge in [-0.25, -0.2) is 8.42 Å². The molecule has 2 heterocycles. The first-order chi connectivity index (χ1) is 16.2. The molecule has 1 fully saturated rings. The number of carboxylic acid groups (broad SMARTS) is 1. The summed E-state index contributed by atoms with van der Waals surface area (Å²) in [5.41, 5.74) is 0.773. The number of nitrogens with one attached hydrogen (secondary N) is 1. The van der Waals surface area contributed by atoms with Gasteiger partial charge in [0.25, 0.3) is 0 Å². The number of nitriles is 1. The lowest BCUT2D eigenvalue weighted by Gasteiger charge is -2.21. The van der Waals surface area contributed by atoms with Gasteiger partial charge in [-0.05, 0) is 58.5 Å². The number of amides is 1. The van der Waals surface area contributed by atoms with E-state index < -0.39 is 33.9 Å². The van der Waals surface area contributed by atoms with Crippen LogP contribution in [0.4, 0.5) is 0 Å². The van der Waals surface area contributed by atoms with Crippen molar-refractivity contribution in [2.24, 2.45) is 5.92 Å². The van der Waals surface area contributed by atoms with Gasteiger partial charge >= 0.3 is 5.97 Å². The Bertz CT molecular complexity index is 1410. The van der Waals surface area contributed by atoms with Crippen molar-refractivity contribution in [1.29, 1.82) is 5.26 Å². The van der Waals surface area contributed by atoms with Gasteiger partial charge < -0.3 is 14.7 Å². The van der Waals surface area contributed by atoms with E-state index in [4.69, 9.17) is 10.00 Å². The average Bonchev–Trinajstić information content (AvgIpc) is 3.43. The number of likely N-dealkylation sites (tertiary alicyclic amines) is 1. The number of hydrogen-bond donors (Lipinski definition) is 2. The van der Waals surface area contributed by atoms with Gasteiger partial charge in [-0.1, -0.05) is 12.1 Å². The van der Waals surface area contributed by atoms with E-state index in [-0.39, 0.29) is 17.9 Å². The second-order valence-corrected chi connectivity index (χ2v) is 10.5. The summed E-state index contributed by atoms with van der Waals surface area (Å²) in [6.45, 7) is 0.529. The number of carbonyl (C=O) groups excluding carboxylic acids is 1. The minimum absolute atomic E-state index is 0.107. The minimum Gasteiger partial charge on any atom is -0.497 e. The van der Waals surface area contributed by atoms with Crippen LogP contribution in [0.5, 0.6) is 5.75 Å². The molecule has 0 saturated carbocycles. The molecule has 1 saturated heterocycles. The van der Waals surface area contributed by atoms with E-state index in [2.05, 4.69) is 4.72 Å². The minimum atomic E-state index is -4.23. The first kappa shape index (κ1) is 23.7. The van der Waals surface area contributed by atoms with Crippen molar-refractivity contribution in [2.75, 3.05) is 13.7 Å². The molecular formula is C23H21N3O6S2. The first-order valence-corrected chi connectivity index (χ1v) is 12.7. The van der Waals surface area contributed by atoms with Crippen LogP contribution >= 0.6 is 11.3 Å². The zero-order valence-electron chi connectivity index (χ0n) is 18.1. The zero-order chi connectivity index (χ0) is 24.5. The number of thiophene rings is 1. The third-order valence-electron chi connectivity index (χ3n) is 5.76. The molecular weight excluding hydrogens is 478 g/mol. The number of sulfonamides is 1. The Hall–Kier alpha value is -3.46. The van der Waals surface area contributed by atoms with Crippen molar-refractivity contribution in [1.82, 2.24) is 9.62 Å². The molecule has 2 aromatic carbocycles. The summed E-state index contributed by atoms with van der Waals surface area (Å²) in [5.74, 6) is -2.35. The van der Waals surface area contributed by atoms with Crippen molar-refractivity contribution in [2.45, 2.75) is 23.9 Å². The fraction of sp³-hybridized carbons (Fsp3) is 0.261. The molecule has 4 rings (SSSR count). The highest BCUT2D eigenvalue weighted by molar-refractivity contribution is 7.89. The van der Waals surface area contributed by atoms with E-state index in [0.29, 0.717) is 22.6 Å². The molecule has 1 aliphatic heterocycles. The first-order valence-electron chi connectivity index (χ1n) is 10.3. The van der Waals surface area contributed by atoms with Crippen LogP contribution in [0.25, 0.3) is 10.8 Å². The maximum Gasteiger partial charge on any atom is 0.322 e. The van der Waals surface area contributed by atoms with E-state index >= 15 is 0 Å². The second kappa shape index (κ2) is 9.42. The van der Waals surface area contributed by atoms with Crippen LogP contribution in [0.1, 0.15) is 16.9 Å². The number of ether oxygens (including phenoxy) is 1. The summed E-state index contributed by atoms with van der Waals surface area (Å²) in [6, 6.07) is 11.8. The van der Waals surface area contributed by atoms with Gasteiger partial charge in [0.15, 0.2) is 0 Å². The number of carbonyl (C=O) groups is 2. The lowest BCUT2D eigenvalue weighted by atomic mass is 9.99. The number of methoxy groups -OCH3 is 1. The van der Waals surface area contributed by atoms with Crippen LogP contribution < -0.4 is 9.46 Å². The maximum atomic E-state index is 13.1. The summed E-state index contributed by atoms with van der Waals surface area (Å²) in [5, 5.41) is 21.9. The number of aliphatic carboxylic acids is 1. The van der Waals surface area contributed by atoms with Gasteiger partial charge in [0, 0.05) is 13.1 Å². The molecule has 0 radical (unpaired) electrons. The van der Waals surface area contributed by atoms with Crippen LogP contribution in [0.2, 0.25) is 0 Å². The van der Waals surface area contributed by atoms with E-state index in [1.807, 2.05) is 6.07 Å². The molecule has 0 spiro atoms. The SMILES string of the molecule is COc1ccc2ccc(S(=O)(=O)NC(C(=O)O)[C@@H]3CCN(Cc4csc(C#N)c4)C3=O)cc2c1. The quantitative estimate of drug-likeness (QED) is 0.486. The van der Waals surface area contributed by atoms with Gasteiger partial charge in [-0.2, -0.15) is 9.98 Å². The third-order valence-corrected chi connectivity index (χ3v) is 8.08. The normalized spacial score (nSPS) is 17.0. The molecule has 0 bridgehead atoms. The highest BCUT2D eigenvalue weighted by Gasteiger charge is 2.43. The summed E-state index contributed by atoms with van der Waals surface area (Å²) in [4.78, 5) is 26.8. The number of rotatable bonds is 8. The van der Waals surface area contributed by atoms with Crippen molar-refractivity contribution < 1.29 is 27.9 Å². The standard InChI is InChI=1S/C23H21N3O6S2/c1-32-17-4-2-15-3-5-19(10-16(15)9-17)34(30,31)25-21(23(28)29)20-6-7-26(22(20)27)12-14-8-18(11-24)33-13-14/h2-5,8-10,13,20-21,25H,6-7,12H2,1H3,(H,28,29)/t20-,21?/m0/s1. The van der Waals surface area contributed by atoms with E-state index in [1.54, 1.807) is 35.7 Å². The molecule has 11 heteroatoms. The van der Waals surface area contributed by atoms with Crippen LogP contribution in [-0.4, -0.2) is 50.0 Å². The van der Waals surface area contributed by atoms with Crippen LogP contribution in [0.3, 0.4) is 0 Å². The van der Waals surface area contributed by atoms with Crippen molar-refractivity contribution in [3.63, 3.8) is 0 Å². The molecule has 0 aliphatic carbocycles. The van der Waals surface area contributed by atoms with Gasteiger partial charge in [-0.15, -0.1) is 11.3 Å². The molecule has 1 amide bonds. The van der Waals surface area contributed by atoms with Crippen LogP contribution in [0, 0.1) is 17.2 Å². The van der Waals surface area contributed by atoms with Crippen molar-refractivity contribution >= 4 is 44.0 Å². The molecule has 9 nitrogen and oxygen atoms in total. The van der Waals surface area contributed by atoms with Crippen molar-refractivity contribution in [3.8, 4) is 11.8 Å². The molecule has 3 aromatic rings. The Labute approximate surface area is 200 Å². The Morgan fingerprint density at radius 3 is 2.74 bits per heavy atom. The Morgan fingerprint density at radius 1 is 1.29 bits per heavy atom. The highest BCUT2D eigenvalue weighted by atomic mass is 32.2. The Kier molecular flexibility index (Phi) is 6.56. The fourth-order valence-corrected chi connectivity index (χ4v) is 5.96.